The highest BCUT2D eigenvalue weighted by atomic mass is 16.2. The summed E-state index contributed by atoms with van der Waals surface area (Å²) in [5, 5.41) is 5.83. The number of nitrogens with two attached hydrogens (primary N) is 1. The largest absolute Gasteiger partial charge is 0.352 e. The molecule has 3 rings (SSSR count). The molecule has 1 saturated carbocycles. The van der Waals surface area contributed by atoms with Gasteiger partial charge in [0, 0.05) is 30.5 Å². The maximum Gasteiger partial charge on any atom is 0.257 e. The van der Waals surface area contributed by atoms with E-state index in [2.05, 4.69) is 15.6 Å². The Kier molecular flexibility index (Phi) is 5.96. The molecule has 1 aliphatic rings. The SMILES string of the molecule is NC[C@H]1CCC[C@H]1C(=O)NCc1ccc(NC(=O)c2cccnc2)cc1. The molecule has 4 N–H and O–H groups in total. The third-order valence-electron chi connectivity index (χ3n) is 4.90. The van der Waals surface area contributed by atoms with E-state index in [4.69, 9.17) is 5.73 Å². The van der Waals surface area contributed by atoms with Gasteiger partial charge in [0.05, 0.1) is 5.56 Å². The lowest BCUT2D eigenvalue weighted by Crippen LogP contribution is -2.34. The summed E-state index contributed by atoms with van der Waals surface area (Å²) in [5.74, 6) is 0.234. The Labute approximate surface area is 153 Å². The van der Waals surface area contributed by atoms with E-state index in [1.807, 2.05) is 24.3 Å². The van der Waals surface area contributed by atoms with Gasteiger partial charge in [-0.05, 0) is 55.1 Å². The Bertz CT molecular complexity index is 746. The first-order valence-corrected chi connectivity index (χ1v) is 8.95. The van der Waals surface area contributed by atoms with Crippen LogP contribution in [-0.4, -0.2) is 23.3 Å². The lowest BCUT2D eigenvalue weighted by Gasteiger charge is -2.17. The van der Waals surface area contributed by atoms with Crippen LogP contribution in [0.1, 0.15) is 35.2 Å². The second-order valence-corrected chi connectivity index (χ2v) is 6.64. The number of benzene rings is 1. The second-order valence-electron chi connectivity index (χ2n) is 6.64. The van der Waals surface area contributed by atoms with Crippen molar-refractivity contribution >= 4 is 17.5 Å². The van der Waals surface area contributed by atoms with Crippen molar-refractivity contribution in [3.8, 4) is 0 Å². The van der Waals surface area contributed by atoms with Crippen LogP contribution in [0.2, 0.25) is 0 Å². The highest BCUT2D eigenvalue weighted by Crippen LogP contribution is 2.31. The number of hydrogen-bond acceptors (Lipinski definition) is 4. The Balaban J connectivity index is 1.51. The van der Waals surface area contributed by atoms with E-state index in [0.29, 0.717) is 30.3 Å². The molecule has 2 amide bonds. The van der Waals surface area contributed by atoms with Crippen molar-refractivity contribution in [2.45, 2.75) is 25.8 Å². The zero-order valence-corrected chi connectivity index (χ0v) is 14.7. The number of carbonyl (C=O) groups is 2. The normalized spacial score (nSPS) is 19.1. The van der Waals surface area contributed by atoms with Crippen LogP contribution < -0.4 is 16.4 Å². The molecule has 0 spiro atoms. The zero-order valence-electron chi connectivity index (χ0n) is 14.7. The molecule has 136 valence electrons. The zero-order chi connectivity index (χ0) is 18.4. The average molecular weight is 352 g/mol. The maximum atomic E-state index is 12.3. The highest BCUT2D eigenvalue weighted by molar-refractivity contribution is 6.04. The molecule has 0 radical (unpaired) electrons. The molecule has 1 aromatic heterocycles. The third kappa shape index (κ3) is 4.46. The molecule has 1 heterocycles. The van der Waals surface area contributed by atoms with Gasteiger partial charge in [-0.2, -0.15) is 0 Å². The number of hydrogen-bond donors (Lipinski definition) is 3. The van der Waals surface area contributed by atoms with E-state index in [9.17, 15) is 9.59 Å². The quantitative estimate of drug-likeness (QED) is 0.743. The first kappa shape index (κ1) is 18.1. The van der Waals surface area contributed by atoms with Crippen molar-refractivity contribution in [2.75, 3.05) is 11.9 Å². The smallest absolute Gasteiger partial charge is 0.257 e. The minimum absolute atomic E-state index is 0.0399. The summed E-state index contributed by atoms with van der Waals surface area (Å²) >= 11 is 0. The number of nitrogens with one attached hydrogen (secondary N) is 2. The molecule has 0 unspecified atom stereocenters. The van der Waals surface area contributed by atoms with Crippen molar-refractivity contribution in [1.29, 1.82) is 0 Å². The van der Waals surface area contributed by atoms with Crippen molar-refractivity contribution in [3.05, 3.63) is 59.9 Å². The number of carbonyl (C=O) groups excluding carboxylic acids is 2. The first-order chi connectivity index (χ1) is 12.7. The van der Waals surface area contributed by atoms with Crippen LogP contribution in [0, 0.1) is 11.8 Å². The molecule has 6 nitrogen and oxygen atoms in total. The Morgan fingerprint density at radius 1 is 1.15 bits per heavy atom. The van der Waals surface area contributed by atoms with Gasteiger partial charge in [-0.3, -0.25) is 14.6 Å². The van der Waals surface area contributed by atoms with E-state index >= 15 is 0 Å². The van der Waals surface area contributed by atoms with Gasteiger partial charge in [-0.15, -0.1) is 0 Å². The molecule has 0 saturated heterocycles. The predicted molar refractivity (Wildman–Crippen MR) is 100 cm³/mol. The van der Waals surface area contributed by atoms with Crippen molar-refractivity contribution in [3.63, 3.8) is 0 Å². The Morgan fingerprint density at radius 2 is 1.96 bits per heavy atom. The van der Waals surface area contributed by atoms with Gasteiger partial charge < -0.3 is 16.4 Å². The number of anilines is 1. The number of amides is 2. The van der Waals surface area contributed by atoms with Crippen LogP contribution in [0.4, 0.5) is 5.69 Å². The second kappa shape index (κ2) is 8.58. The number of nitrogens with zero attached hydrogens (tertiary/aromatic N) is 1. The molecule has 1 aliphatic carbocycles. The van der Waals surface area contributed by atoms with E-state index in [1.54, 1.807) is 18.3 Å². The molecular weight excluding hydrogens is 328 g/mol. The summed E-state index contributed by atoms with van der Waals surface area (Å²) in [7, 11) is 0. The topological polar surface area (TPSA) is 97.1 Å². The lowest BCUT2D eigenvalue weighted by atomic mass is 9.95. The van der Waals surface area contributed by atoms with Crippen molar-refractivity contribution < 1.29 is 9.59 Å². The summed E-state index contributed by atoms with van der Waals surface area (Å²) in [4.78, 5) is 28.4. The van der Waals surface area contributed by atoms with Gasteiger partial charge in [-0.25, -0.2) is 0 Å². The fraction of sp³-hybridized carbons (Fsp3) is 0.350. The number of rotatable bonds is 6. The van der Waals surface area contributed by atoms with Crippen LogP contribution in [0.25, 0.3) is 0 Å². The average Bonchev–Trinajstić information content (AvgIpc) is 3.17. The van der Waals surface area contributed by atoms with Crippen LogP contribution >= 0.6 is 0 Å². The van der Waals surface area contributed by atoms with Gasteiger partial charge in [0.15, 0.2) is 0 Å². The fourth-order valence-corrected chi connectivity index (χ4v) is 3.39. The van der Waals surface area contributed by atoms with E-state index < -0.39 is 0 Å². The van der Waals surface area contributed by atoms with Gasteiger partial charge >= 0.3 is 0 Å². The Morgan fingerprint density at radius 3 is 2.65 bits per heavy atom. The summed E-state index contributed by atoms with van der Waals surface area (Å²) in [5.41, 5.74) is 7.95. The first-order valence-electron chi connectivity index (χ1n) is 8.95. The van der Waals surface area contributed by atoms with Gasteiger partial charge in [-0.1, -0.05) is 18.6 Å². The molecule has 2 atom stereocenters. The molecule has 0 aliphatic heterocycles. The van der Waals surface area contributed by atoms with Crippen molar-refractivity contribution in [1.82, 2.24) is 10.3 Å². The number of pyridine rings is 1. The molecule has 1 aromatic carbocycles. The van der Waals surface area contributed by atoms with E-state index in [1.165, 1.54) is 6.20 Å². The van der Waals surface area contributed by atoms with Crippen LogP contribution in [0.5, 0.6) is 0 Å². The lowest BCUT2D eigenvalue weighted by molar-refractivity contribution is -0.126. The highest BCUT2D eigenvalue weighted by Gasteiger charge is 2.31. The maximum absolute atomic E-state index is 12.3. The molecule has 0 bridgehead atoms. The van der Waals surface area contributed by atoms with Gasteiger partial charge in [0.2, 0.25) is 5.91 Å². The summed E-state index contributed by atoms with van der Waals surface area (Å²) in [6.45, 7) is 1.05. The van der Waals surface area contributed by atoms with Gasteiger partial charge in [0.1, 0.15) is 0 Å². The van der Waals surface area contributed by atoms with E-state index in [-0.39, 0.29) is 17.7 Å². The minimum Gasteiger partial charge on any atom is -0.352 e. The monoisotopic (exact) mass is 352 g/mol. The van der Waals surface area contributed by atoms with Gasteiger partial charge in [0.25, 0.3) is 5.91 Å². The van der Waals surface area contributed by atoms with Crippen LogP contribution in [0.3, 0.4) is 0 Å². The molecular formula is C20H24N4O2. The molecule has 1 fully saturated rings. The minimum atomic E-state index is -0.201. The summed E-state index contributed by atoms with van der Waals surface area (Å²) in [6.07, 6.45) is 6.19. The molecule has 6 heteroatoms. The van der Waals surface area contributed by atoms with Crippen LogP contribution in [-0.2, 0) is 11.3 Å². The fourth-order valence-electron chi connectivity index (χ4n) is 3.39. The summed E-state index contributed by atoms with van der Waals surface area (Å²) in [6, 6.07) is 10.9. The van der Waals surface area contributed by atoms with E-state index in [0.717, 1.165) is 24.8 Å². The number of aromatic nitrogens is 1. The predicted octanol–water partition coefficient (Wildman–Crippen LogP) is 2.33. The molecule has 26 heavy (non-hydrogen) atoms. The molecule has 2 aromatic rings. The summed E-state index contributed by atoms with van der Waals surface area (Å²) < 4.78 is 0. The standard InChI is InChI=1S/C20H24N4O2/c21-11-15-3-1-5-18(15)20(26)23-12-14-6-8-17(9-7-14)24-19(25)16-4-2-10-22-13-16/h2,4,6-10,13,15,18H,1,3,5,11-12,21H2,(H,23,26)(H,24,25)/t15-,18-/m1/s1. The van der Waals surface area contributed by atoms with Crippen LogP contribution in [0.15, 0.2) is 48.8 Å². The Hall–Kier alpha value is -2.73. The van der Waals surface area contributed by atoms with Crippen molar-refractivity contribution in [2.24, 2.45) is 17.6 Å². The third-order valence-corrected chi connectivity index (χ3v) is 4.90.